The molecule has 1 heterocycles. The monoisotopic (exact) mass is 273 g/mol. The molecule has 1 aromatic carbocycles. The first-order valence-corrected chi connectivity index (χ1v) is 6.43. The Hall–Kier alpha value is -2.23. The highest BCUT2D eigenvalue weighted by molar-refractivity contribution is 7.09. The minimum absolute atomic E-state index is 0.239. The lowest BCUT2D eigenvalue weighted by atomic mass is 10.2. The van der Waals surface area contributed by atoms with E-state index >= 15 is 0 Å². The molecule has 0 fully saturated rings. The number of hydrogen-bond donors (Lipinski definition) is 0. The zero-order valence-corrected chi connectivity index (χ0v) is 10.8. The normalized spacial score (nSPS) is 9.84. The number of aromatic nitrogens is 1. The number of benzene rings is 1. The van der Waals surface area contributed by atoms with Crippen molar-refractivity contribution < 1.29 is 9.63 Å². The first-order valence-electron chi connectivity index (χ1n) is 5.55. The van der Waals surface area contributed by atoms with Crippen LogP contribution in [0.5, 0.6) is 0 Å². The molecule has 0 saturated heterocycles. The fraction of sp³-hybridized carbons (Fsp3) is 0.154. The number of hydroxylamine groups is 2. The Kier molecular flexibility index (Phi) is 4.61. The molecule has 1 aromatic heterocycles. The quantitative estimate of drug-likeness (QED) is 0.597. The van der Waals surface area contributed by atoms with Crippen LogP contribution in [-0.4, -0.2) is 16.5 Å². The summed E-state index contributed by atoms with van der Waals surface area (Å²) in [6, 6.07) is 11.5. The molecule has 0 radical (unpaired) electrons. The van der Waals surface area contributed by atoms with E-state index in [4.69, 9.17) is 10.1 Å². The van der Waals surface area contributed by atoms with Crippen LogP contribution in [0.15, 0.2) is 35.7 Å². The molecule has 0 unspecified atom stereocenters. The Morgan fingerprint density at radius 2 is 2.21 bits per heavy atom. The number of nitrogens with zero attached hydrogens (tertiary/aromatic N) is 3. The molecule has 6 heteroatoms. The van der Waals surface area contributed by atoms with Crippen LogP contribution in [0.3, 0.4) is 0 Å². The maximum atomic E-state index is 10.9. The summed E-state index contributed by atoms with van der Waals surface area (Å²) >= 11 is 1.33. The third-order valence-corrected chi connectivity index (χ3v) is 3.15. The minimum atomic E-state index is 0.239. The van der Waals surface area contributed by atoms with Crippen LogP contribution in [0, 0.1) is 11.3 Å². The first-order chi connectivity index (χ1) is 9.31. The number of thiazole rings is 1. The third-order valence-electron chi connectivity index (χ3n) is 2.31. The number of amides is 1. The molecule has 5 nitrogen and oxygen atoms in total. The van der Waals surface area contributed by atoms with Crippen molar-refractivity contribution in [2.75, 3.05) is 0 Å². The molecule has 1 amide bonds. The number of carbonyl (C=O) groups excluding carboxylic acids is 1. The van der Waals surface area contributed by atoms with Gasteiger partial charge in [-0.15, -0.1) is 11.3 Å². The van der Waals surface area contributed by atoms with Gasteiger partial charge in [0.25, 0.3) is 0 Å². The average Bonchev–Trinajstić information content (AvgIpc) is 2.92. The number of hydrogen-bond acceptors (Lipinski definition) is 5. The lowest BCUT2D eigenvalue weighted by Gasteiger charge is -2.15. The molecule has 0 bridgehead atoms. The first kappa shape index (κ1) is 13.2. The average molecular weight is 273 g/mol. The van der Waals surface area contributed by atoms with E-state index in [-0.39, 0.29) is 6.54 Å². The van der Waals surface area contributed by atoms with Gasteiger partial charge in [-0.05, 0) is 5.56 Å². The molecular formula is C13H11N3O2S. The van der Waals surface area contributed by atoms with Crippen LogP contribution >= 0.6 is 11.3 Å². The van der Waals surface area contributed by atoms with Crippen LogP contribution in [0.2, 0.25) is 0 Å². The van der Waals surface area contributed by atoms with Gasteiger partial charge in [0.1, 0.15) is 24.2 Å². The van der Waals surface area contributed by atoms with E-state index in [1.54, 1.807) is 5.38 Å². The molecule has 0 aliphatic heterocycles. The summed E-state index contributed by atoms with van der Waals surface area (Å²) < 4.78 is 0. The Bertz CT molecular complexity index is 577. The molecule has 96 valence electrons. The molecule has 19 heavy (non-hydrogen) atoms. The van der Waals surface area contributed by atoms with Crippen molar-refractivity contribution >= 4 is 17.7 Å². The van der Waals surface area contributed by atoms with Crippen LogP contribution in [-0.2, 0) is 22.8 Å². The van der Waals surface area contributed by atoms with E-state index in [1.807, 2.05) is 36.4 Å². The maximum absolute atomic E-state index is 10.9. The van der Waals surface area contributed by atoms with Gasteiger partial charge in [-0.1, -0.05) is 30.3 Å². The smallest absolute Gasteiger partial charge is 0.233 e. The van der Waals surface area contributed by atoms with Crippen LogP contribution in [0.1, 0.15) is 16.3 Å². The van der Waals surface area contributed by atoms with Gasteiger partial charge in [0.2, 0.25) is 6.41 Å². The van der Waals surface area contributed by atoms with Crippen molar-refractivity contribution in [3.05, 3.63) is 52.0 Å². The van der Waals surface area contributed by atoms with Gasteiger partial charge in [-0.3, -0.25) is 9.63 Å². The number of rotatable bonds is 6. The van der Waals surface area contributed by atoms with Gasteiger partial charge in [0.15, 0.2) is 5.69 Å². The maximum Gasteiger partial charge on any atom is 0.233 e. The van der Waals surface area contributed by atoms with E-state index < -0.39 is 0 Å². The van der Waals surface area contributed by atoms with Crippen molar-refractivity contribution in [3.8, 4) is 6.07 Å². The minimum Gasteiger partial charge on any atom is -0.276 e. The number of carbonyl (C=O) groups is 1. The Balaban J connectivity index is 1.90. The van der Waals surface area contributed by atoms with Crippen molar-refractivity contribution in [2.24, 2.45) is 0 Å². The Morgan fingerprint density at radius 3 is 2.84 bits per heavy atom. The summed E-state index contributed by atoms with van der Waals surface area (Å²) in [5.74, 6) is 0. The molecule has 2 aromatic rings. The second-order valence-corrected chi connectivity index (χ2v) is 4.62. The lowest BCUT2D eigenvalue weighted by molar-refractivity contribution is -0.181. The lowest BCUT2D eigenvalue weighted by Crippen LogP contribution is -2.21. The van der Waals surface area contributed by atoms with Crippen molar-refractivity contribution in [3.63, 3.8) is 0 Å². The Labute approximate surface area is 114 Å². The standard InChI is InChI=1S/C13H11N3O2S/c14-6-12-9-19-13(15-12)7-16(10-17)18-8-11-4-2-1-3-5-11/h1-5,9-10H,7-8H2. The molecule has 2 rings (SSSR count). The van der Waals surface area contributed by atoms with E-state index in [2.05, 4.69) is 4.98 Å². The van der Waals surface area contributed by atoms with Crippen LogP contribution < -0.4 is 0 Å². The highest BCUT2D eigenvalue weighted by Gasteiger charge is 2.08. The summed E-state index contributed by atoms with van der Waals surface area (Å²) in [5, 5.41) is 12.2. The van der Waals surface area contributed by atoms with Gasteiger partial charge in [0, 0.05) is 5.38 Å². The highest BCUT2D eigenvalue weighted by Crippen LogP contribution is 2.12. The van der Waals surface area contributed by atoms with Gasteiger partial charge in [-0.25, -0.2) is 10.0 Å². The molecule has 0 aliphatic rings. The summed E-state index contributed by atoms with van der Waals surface area (Å²) in [6.45, 7) is 0.554. The predicted octanol–water partition coefficient (Wildman–Crippen LogP) is 2.10. The summed E-state index contributed by atoms with van der Waals surface area (Å²) in [6.07, 6.45) is 0.608. The molecular weight excluding hydrogens is 262 g/mol. The zero-order chi connectivity index (χ0) is 13.5. The van der Waals surface area contributed by atoms with Crippen molar-refractivity contribution in [2.45, 2.75) is 13.2 Å². The fourth-order valence-electron chi connectivity index (χ4n) is 1.41. The van der Waals surface area contributed by atoms with Crippen molar-refractivity contribution in [1.82, 2.24) is 10.0 Å². The van der Waals surface area contributed by atoms with Gasteiger partial charge in [0.05, 0.1) is 0 Å². The van der Waals surface area contributed by atoms with Gasteiger partial charge in [-0.2, -0.15) is 5.26 Å². The predicted molar refractivity (Wildman–Crippen MR) is 69.7 cm³/mol. The summed E-state index contributed by atoms with van der Waals surface area (Å²) in [7, 11) is 0. The largest absolute Gasteiger partial charge is 0.276 e. The summed E-state index contributed by atoms with van der Waals surface area (Å²) in [4.78, 5) is 20.3. The van der Waals surface area contributed by atoms with Gasteiger partial charge < -0.3 is 0 Å². The van der Waals surface area contributed by atoms with Crippen LogP contribution in [0.25, 0.3) is 0 Å². The SMILES string of the molecule is N#Cc1csc(CN(C=O)OCc2ccccc2)n1. The molecule has 0 saturated carbocycles. The second kappa shape index (κ2) is 6.64. The fourth-order valence-corrected chi connectivity index (χ4v) is 2.12. The molecule has 0 aliphatic carbocycles. The number of nitriles is 1. The van der Waals surface area contributed by atoms with E-state index in [1.165, 1.54) is 16.4 Å². The zero-order valence-electron chi connectivity index (χ0n) is 10.0. The van der Waals surface area contributed by atoms with E-state index in [0.29, 0.717) is 23.7 Å². The highest BCUT2D eigenvalue weighted by atomic mass is 32.1. The second-order valence-electron chi connectivity index (χ2n) is 3.68. The van der Waals surface area contributed by atoms with E-state index in [0.717, 1.165) is 5.56 Å². The molecule has 0 N–H and O–H groups in total. The van der Waals surface area contributed by atoms with Crippen molar-refractivity contribution in [1.29, 1.82) is 5.26 Å². The van der Waals surface area contributed by atoms with Gasteiger partial charge >= 0.3 is 0 Å². The third kappa shape index (κ3) is 3.88. The topological polar surface area (TPSA) is 66.2 Å². The Morgan fingerprint density at radius 1 is 1.42 bits per heavy atom. The van der Waals surface area contributed by atoms with Crippen LogP contribution in [0.4, 0.5) is 0 Å². The molecule has 0 atom stereocenters. The summed E-state index contributed by atoms with van der Waals surface area (Å²) in [5.41, 5.74) is 1.33. The van der Waals surface area contributed by atoms with E-state index in [9.17, 15) is 4.79 Å². The molecule has 0 spiro atoms.